The molecule has 3 aromatic rings. The number of hydrogen-bond donors (Lipinski definition) is 1. The van der Waals surface area contributed by atoms with Crippen LogP contribution in [0.1, 0.15) is 12.8 Å². The van der Waals surface area contributed by atoms with Gasteiger partial charge in [-0.1, -0.05) is 0 Å². The lowest BCUT2D eigenvalue weighted by Crippen LogP contribution is -2.41. The Kier molecular flexibility index (Phi) is 4.59. The van der Waals surface area contributed by atoms with Crippen LogP contribution in [0.5, 0.6) is 0 Å². The Bertz CT molecular complexity index is 849. The normalized spacial score (nSPS) is 17.1. The van der Waals surface area contributed by atoms with Gasteiger partial charge in [0.05, 0.1) is 12.2 Å². The summed E-state index contributed by atoms with van der Waals surface area (Å²) in [6, 6.07) is 11.1. The van der Waals surface area contributed by atoms with Gasteiger partial charge in [-0.3, -0.25) is 9.78 Å². The largest absolute Gasteiger partial charge is 0.463 e. The molecule has 1 amide bonds. The number of piperidine rings is 1. The smallest absolute Gasteiger partial charge is 0.229 e. The van der Waals surface area contributed by atoms with Crippen LogP contribution in [-0.2, 0) is 4.79 Å². The predicted molar refractivity (Wildman–Crippen MR) is 97.5 cm³/mol. The summed E-state index contributed by atoms with van der Waals surface area (Å²) in [6.07, 6.45) is 6.75. The fourth-order valence-corrected chi connectivity index (χ4v) is 3.13. The lowest BCUT2D eigenvalue weighted by molar-refractivity contribution is -0.120. The number of anilines is 2. The van der Waals surface area contributed by atoms with Crippen molar-refractivity contribution < 1.29 is 9.21 Å². The van der Waals surface area contributed by atoms with Crippen molar-refractivity contribution >= 4 is 17.4 Å². The molecule has 0 aromatic carbocycles. The first-order valence-electron chi connectivity index (χ1n) is 8.63. The van der Waals surface area contributed by atoms with Crippen molar-refractivity contribution in [3.63, 3.8) is 0 Å². The maximum absolute atomic E-state index is 12.5. The van der Waals surface area contributed by atoms with Crippen molar-refractivity contribution in [3.05, 3.63) is 55.1 Å². The molecule has 1 aliphatic rings. The fraction of sp³-hybridized carbons (Fsp3) is 0.263. The number of aromatic nitrogens is 3. The molecule has 0 spiro atoms. The third-order valence-electron chi connectivity index (χ3n) is 4.49. The van der Waals surface area contributed by atoms with Crippen LogP contribution in [-0.4, -0.2) is 34.2 Å². The highest BCUT2D eigenvalue weighted by atomic mass is 16.3. The first kappa shape index (κ1) is 16.3. The van der Waals surface area contributed by atoms with Gasteiger partial charge in [0.1, 0.15) is 5.69 Å². The van der Waals surface area contributed by atoms with Gasteiger partial charge in [0.15, 0.2) is 11.6 Å². The minimum atomic E-state index is -0.0801. The van der Waals surface area contributed by atoms with E-state index in [1.54, 1.807) is 30.8 Å². The van der Waals surface area contributed by atoms with E-state index in [0.717, 1.165) is 30.9 Å². The highest BCUT2D eigenvalue weighted by Crippen LogP contribution is 2.24. The van der Waals surface area contributed by atoms with E-state index in [-0.39, 0.29) is 11.8 Å². The quantitative estimate of drug-likeness (QED) is 0.779. The number of carbonyl (C=O) groups excluding carboxylic acids is 1. The van der Waals surface area contributed by atoms with Crippen molar-refractivity contribution in [3.8, 4) is 11.5 Å². The molecule has 1 saturated heterocycles. The first-order chi connectivity index (χ1) is 12.8. The van der Waals surface area contributed by atoms with E-state index in [0.29, 0.717) is 18.0 Å². The van der Waals surface area contributed by atoms with E-state index < -0.39 is 0 Å². The Morgan fingerprint density at radius 2 is 2.04 bits per heavy atom. The van der Waals surface area contributed by atoms with Crippen LogP contribution in [0.4, 0.5) is 11.5 Å². The summed E-state index contributed by atoms with van der Waals surface area (Å²) in [5, 5.41) is 11.5. The molecular formula is C19H19N5O2. The molecule has 3 aromatic heterocycles. The van der Waals surface area contributed by atoms with Crippen LogP contribution in [0, 0.1) is 5.92 Å². The minimum absolute atomic E-state index is 0.0288. The Labute approximate surface area is 151 Å². The molecule has 0 unspecified atom stereocenters. The lowest BCUT2D eigenvalue weighted by Gasteiger charge is -2.32. The van der Waals surface area contributed by atoms with E-state index >= 15 is 0 Å². The van der Waals surface area contributed by atoms with E-state index in [9.17, 15) is 4.79 Å². The fourth-order valence-electron chi connectivity index (χ4n) is 3.13. The van der Waals surface area contributed by atoms with Gasteiger partial charge in [0.25, 0.3) is 0 Å². The SMILES string of the molecule is O=C(Nc1ccncc1)[C@@H]1CCCN(c2ccc(-c3ccco3)nn2)C1. The lowest BCUT2D eigenvalue weighted by atomic mass is 9.97. The van der Waals surface area contributed by atoms with Gasteiger partial charge in [-0.2, -0.15) is 0 Å². The van der Waals surface area contributed by atoms with E-state index in [1.165, 1.54) is 0 Å². The third kappa shape index (κ3) is 3.56. The predicted octanol–water partition coefficient (Wildman–Crippen LogP) is 2.99. The number of rotatable bonds is 4. The second kappa shape index (κ2) is 7.35. The monoisotopic (exact) mass is 349 g/mol. The molecule has 1 N–H and O–H groups in total. The molecule has 4 rings (SSSR count). The third-order valence-corrected chi connectivity index (χ3v) is 4.49. The molecule has 4 heterocycles. The van der Waals surface area contributed by atoms with Crippen LogP contribution in [0.25, 0.3) is 11.5 Å². The molecule has 1 fully saturated rings. The average molecular weight is 349 g/mol. The number of hydrogen-bond acceptors (Lipinski definition) is 6. The summed E-state index contributed by atoms with van der Waals surface area (Å²) in [5.41, 5.74) is 1.47. The van der Waals surface area contributed by atoms with Gasteiger partial charge in [0.2, 0.25) is 5.91 Å². The second-order valence-electron chi connectivity index (χ2n) is 6.26. The summed E-state index contributed by atoms with van der Waals surface area (Å²) in [4.78, 5) is 18.6. The number of carbonyl (C=O) groups is 1. The molecule has 0 aliphatic carbocycles. The summed E-state index contributed by atoms with van der Waals surface area (Å²) in [7, 11) is 0. The van der Waals surface area contributed by atoms with Gasteiger partial charge in [-0.15, -0.1) is 10.2 Å². The van der Waals surface area contributed by atoms with Gasteiger partial charge in [-0.05, 0) is 49.2 Å². The molecule has 7 heteroatoms. The average Bonchev–Trinajstić information content (AvgIpc) is 3.24. The molecule has 7 nitrogen and oxygen atoms in total. The van der Waals surface area contributed by atoms with Crippen LogP contribution in [0.15, 0.2) is 59.5 Å². The first-order valence-corrected chi connectivity index (χ1v) is 8.63. The van der Waals surface area contributed by atoms with Gasteiger partial charge < -0.3 is 14.6 Å². The maximum atomic E-state index is 12.5. The summed E-state index contributed by atoms with van der Waals surface area (Å²) in [5.74, 6) is 1.42. The van der Waals surface area contributed by atoms with Crippen LogP contribution in [0.2, 0.25) is 0 Å². The van der Waals surface area contributed by atoms with Crippen LogP contribution in [0.3, 0.4) is 0 Å². The number of nitrogens with one attached hydrogen (secondary N) is 1. The van der Waals surface area contributed by atoms with Crippen molar-refractivity contribution in [1.82, 2.24) is 15.2 Å². The Morgan fingerprint density at radius 1 is 1.15 bits per heavy atom. The zero-order valence-electron chi connectivity index (χ0n) is 14.2. The Morgan fingerprint density at radius 3 is 2.77 bits per heavy atom. The van der Waals surface area contributed by atoms with Crippen molar-refractivity contribution in [1.29, 1.82) is 0 Å². The van der Waals surface area contributed by atoms with Crippen LogP contribution < -0.4 is 10.2 Å². The highest BCUT2D eigenvalue weighted by molar-refractivity contribution is 5.92. The second-order valence-corrected chi connectivity index (χ2v) is 6.26. The van der Waals surface area contributed by atoms with Crippen molar-refractivity contribution in [2.45, 2.75) is 12.8 Å². The zero-order chi connectivity index (χ0) is 17.8. The van der Waals surface area contributed by atoms with Gasteiger partial charge in [0, 0.05) is 31.2 Å². The van der Waals surface area contributed by atoms with E-state index in [1.807, 2.05) is 24.3 Å². The zero-order valence-corrected chi connectivity index (χ0v) is 14.2. The molecule has 0 radical (unpaired) electrons. The molecule has 1 atom stereocenters. The number of furan rings is 1. The van der Waals surface area contributed by atoms with E-state index in [4.69, 9.17) is 4.42 Å². The molecule has 132 valence electrons. The topological polar surface area (TPSA) is 84.2 Å². The number of nitrogens with zero attached hydrogens (tertiary/aromatic N) is 4. The number of amides is 1. The number of pyridine rings is 1. The maximum Gasteiger partial charge on any atom is 0.229 e. The molecule has 26 heavy (non-hydrogen) atoms. The van der Waals surface area contributed by atoms with Crippen LogP contribution >= 0.6 is 0 Å². The van der Waals surface area contributed by atoms with Gasteiger partial charge in [-0.25, -0.2) is 0 Å². The summed E-state index contributed by atoms with van der Waals surface area (Å²) >= 11 is 0. The van der Waals surface area contributed by atoms with Gasteiger partial charge >= 0.3 is 0 Å². The highest BCUT2D eigenvalue weighted by Gasteiger charge is 2.26. The summed E-state index contributed by atoms with van der Waals surface area (Å²) in [6.45, 7) is 1.50. The molecular weight excluding hydrogens is 330 g/mol. The molecule has 0 saturated carbocycles. The summed E-state index contributed by atoms with van der Waals surface area (Å²) < 4.78 is 5.34. The minimum Gasteiger partial charge on any atom is -0.463 e. The Balaban J connectivity index is 1.42. The molecule has 0 bridgehead atoms. The van der Waals surface area contributed by atoms with Crippen molar-refractivity contribution in [2.75, 3.05) is 23.3 Å². The Hall–Kier alpha value is -3.22. The van der Waals surface area contributed by atoms with Crippen molar-refractivity contribution in [2.24, 2.45) is 5.92 Å². The standard InChI is InChI=1S/C19H19N5O2/c25-19(21-15-7-9-20-10-8-15)14-3-1-11-24(13-14)18-6-5-16(22-23-18)17-4-2-12-26-17/h2,4-10,12,14H,1,3,11,13H2,(H,20,21,25)/t14-/m1/s1. The molecule has 1 aliphatic heterocycles. The van der Waals surface area contributed by atoms with E-state index in [2.05, 4.69) is 25.4 Å².